The highest BCUT2D eigenvalue weighted by atomic mass is 16.2. The molecule has 0 aliphatic heterocycles. The van der Waals surface area contributed by atoms with Crippen molar-refractivity contribution in [2.75, 3.05) is 18.8 Å². The molecule has 0 aromatic heterocycles. The Morgan fingerprint density at radius 2 is 2.06 bits per heavy atom. The van der Waals surface area contributed by atoms with Crippen molar-refractivity contribution in [3.63, 3.8) is 0 Å². The Kier molecular flexibility index (Phi) is 3.19. The predicted octanol–water partition coefficient (Wildman–Crippen LogP) is 0.516. The molecule has 1 aliphatic rings. The number of nitrogen functional groups attached to an aromatic ring is 1. The van der Waals surface area contributed by atoms with Gasteiger partial charge >= 0.3 is 6.03 Å². The number of amides is 2. The molecule has 2 amide bonds. The molecule has 1 saturated carbocycles. The Bertz CT molecular complexity index is 415. The smallest absolute Gasteiger partial charge is 0.315 e. The number of urea groups is 1. The van der Waals surface area contributed by atoms with Gasteiger partial charge in [0, 0.05) is 24.3 Å². The van der Waals surface area contributed by atoms with Gasteiger partial charge in [0.25, 0.3) is 0 Å². The van der Waals surface area contributed by atoms with Crippen LogP contribution in [0.15, 0.2) is 24.3 Å². The van der Waals surface area contributed by atoms with Crippen LogP contribution in [0.2, 0.25) is 0 Å². The maximum absolute atomic E-state index is 11.6. The SMILES string of the molecule is NCCNC(=O)NC1(c2ccccc2N)CC1. The largest absolute Gasteiger partial charge is 0.398 e. The Morgan fingerprint density at radius 1 is 1.35 bits per heavy atom. The summed E-state index contributed by atoms with van der Waals surface area (Å²) in [6.07, 6.45) is 1.86. The van der Waals surface area contributed by atoms with Crippen molar-refractivity contribution in [2.24, 2.45) is 5.73 Å². The molecular formula is C12H18N4O. The molecule has 1 fully saturated rings. The van der Waals surface area contributed by atoms with Crippen LogP contribution in [0.4, 0.5) is 10.5 Å². The number of carbonyl (C=O) groups is 1. The van der Waals surface area contributed by atoms with E-state index in [0.717, 1.165) is 24.1 Å². The second-order valence-electron chi connectivity index (χ2n) is 4.34. The molecule has 0 spiro atoms. The number of hydrogen-bond acceptors (Lipinski definition) is 3. The van der Waals surface area contributed by atoms with Gasteiger partial charge in [0.05, 0.1) is 5.54 Å². The first-order valence-corrected chi connectivity index (χ1v) is 5.79. The predicted molar refractivity (Wildman–Crippen MR) is 67.4 cm³/mol. The van der Waals surface area contributed by atoms with E-state index in [1.807, 2.05) is 24.3 Å². The van der Waals surface area contributed by atoms with Gasteiger partial charge in [0.15, 0.2) is 0 Å². The van der Waals surface area contributed by atoms with Crippen LogP contribution in [-0.2, 0) is 5.54 Å². The van der Waals surface area contributed by atoms with Gasteiger partial charge in [-0.2, -0.15) is 0 Å². The normalized spacial score (nSPS) is 16.3. The first-order chi connectivity index (χ1) is 8.18. The van der Waals surface area contributed by atoms with E-state index in [1.54, 1.807) is 0 Å². The molecule has 0 saturated heterocycles. The zero-order chi connectivity index (χ0) is 12.3. The van der Waals surface area contributed by atoms with E-state index in [4.69, 9.17) is 11.5 Å². The molecule has 92 valence electrons. The molecule has 0 atom stereocenters. The third kappa shape index (κ3) is 2.50. The summed E-state index contributed by atoms with van der Waals surface area (Å²) in [6.45, 7) is 0.917. The van der Waals surface area contributed by atoms with E-state index in [2.05, 4.69) is 10.6 Å². The summed E-state index contributed by atoms with van der Waals surface area (Å²) >= 11 is 0. The van der Waals surface area contributed by atoms with E-state index >= 15 is 0 Å². The number of benzene rings is 1. The Hall–Kier alpha value is -1.75. The highest BCUT2D eigenvalue weighted by molar-refractivity contribution is 5.76. The van der Waals surface area contributed by atoms with E-state index in [9.17, 15) is 4.79 Å². The van der Waals surface area contributed by atoms with Gasteiger partial charge in [-0.1, -0.05) is 18.2 Å². The molecular weight excluding hydrogens is 216 g/mol. The molecule has 5 nitrogen and oxygen atoms in total. The van der Waals surface area contributed by atoms with Crippen LogP contribution in [0.3, 0.4) is 0 Å². The van der Waals surface area contributed by atoms with Crippen molar-refractivity contribution in [1.29, 1.82) is 0 Å². The highest BCUT2D eigenvalue weighted by Crippen LogP contribution is 2.47. The number of anilines is 1. The third-order valence-electron chi connectivity index (χ3n) is 3.01. The summed E-state index contributed by atoms with van der Waals surface area (Å²) in [4.78, 5) is 11.6. The van der Waals surface area contributed by atoms with Crippen LogP contribution in [-0.4, -0.2) is 19.1 Å². The molecule has 0 unspecified atom stereocenters. The average molecular weight is 234 g/mol. The lowest BCUT2D eigenvalue weighted by Crippen LogP contribution is -2.43. The topological polar surface area (TPSA) is 93.2 Å². The minimum absolute atomic E-state index is 0.184. The molecule has 1 aliphatic carbocycles. The summed E-state index contributed by atoms with van der Waals surface area (Å²) in [5.74, 6) is 0. The summed E-state index contributed by atoms with van der Waals surface area (Å²) in [6, 6.07) is 7.46. The standard InChI is InChI=1S/C12H18N4O/c13-7-8-15-11(17)16-12(5-6-12)9-3-1-2-4-10(9)14/h1-4H,5-8,13-14H2,(H2,15,16,17). The van der Waals surface area contributed by atoms with E-state index in [0.29, 0.717) is 13.1 Å². The van der Waals surface area contributed by atoms with Crippen LogP contribution < -0.4 is 22.1 Å². The third-order valence-corrected chi connectivity index (χ3v) is 3.01. The zero-order valence-corrected chi connectivity index (χ0v) is 9.70. The van der Waals surface area contributed by atoms with Crippen molar-refractivity contribution in [3.05, 3.63) is 29.8 Å². The number of nitrogens with two attached hydrogens (primary N) is 2. The minimum atomic E-state index is -0.274. The van der Waals surface area contributed by atoms with Crippen molar-refractivity contribution in [2.45, 2.75) is 18.4 Å². The molecule has 2 rings (SSSR count). The maximum atomic E-state index is 11.6. The molecule has 0 heterocycles. The quantitative estimate of drug-likeness (QED) is 0.572. The van der Waals surface area contributed by atoms with Gasteiger partial charge in [-0.25, -0.2) is 4.79 Å². The first kappa shape index (κ1) is 11.7. The monoisotopic (exact) mass is 234 g/mol. The van der Waals surface area contributed by atoms with Crippen LogP contribution >= 0.6 is 0 Å². The molecule has 1 aromatic rings. The maximum Gasteiger partial charge on any atom is 0.315 e. The second kappa shape index (κ2) is 4.63. The fourth-order valence-electron chi connectivity index (χ4n) is 1.97. The number of rotatable bonds is 4. The van der Waals surface area contributed by atoms with Crippen LogP contribution in [0.25, 0.3) is 0 Å². The van der Waals surface area contributed by atoms with Crippen molar-refractivity contribution in [3.8, 4) is 0 Å². The fourth-order valence-corrected chi connectivity index (χ4v) is 1.97. The minimum Gasteiger partial charge on any atom is -0.398 e. The molecule has 17 heavy (non-hydrogen) atoms. The molecule has 0 bridgehead atoms. The molecule has 5 heteroatoms. The summed E-state index contributed by atoms with van der Waals surface area (Å²) < 4.78 is 0. The van der Waals surface area contributed by atoms with Gasteiger partial charge in [-0.05, 0) is 18.9 Å². The lowest BCUT2D eigenvalue weighted by atomic mass is 10.0. The summed E-state index contributed by atoms with van der Waals surface area (Å²) in [7, 11) is 0. The van der Waals surface area contributed by atoms with Gasteiger partial charge in [-0.3, -0.25) is 0 Å². The Morgan fingerprint density at radius 3 is 2.65 bits per heavy atom. The summed E-state index contributed by atoms with van der Waals surface area (Å²) in [5, 5.41) is 5.68. The van der Waals surface area contributed by atoms with Gasteiger partial charge in [0.2, 0.25) is 0 Å². The van der Waals surface area contributed by atoms with Crippen LogP contribution in [0, 0.1) is 0 Å². The van der Waals surface area contributed by atoms with Crippen LogP contribution in [0.5, 0.6) is 0 Å². The van der Waals surface area contributed by atoms with E-state index < -0.39 is 0 Å². The van der Waals surface area contributed by atoms with Crippen molar-refractivity contribution >= 4 is 11.7 Å². The van der Waals surface area contributed by atoms with Gasteiger partial charge in [0.1, 0.15) is 0 Å². The highest BCUT2D eigenvalue weighted by Gasteiger charge is 2.46. The van der Waals surface area contributed by atoms with E-state index in [-0.39, 0.29) is 11.6 Å². The van der Waals surface area contributed by atoms with Gasteiger partial charge < -0.3 is 22.1 Å². The lowest BCUT2D eigenvalue weighted by molar-refractivity contribution is 0.236. The number of hydrogen-bond donors (Lipinski definition) is 4. The fraction of sp³-hybridized carbons (Fsp3) is 0.417. The summed E-state index contributed by atoms with van der Waals surface area (Å²) in [5.41, 5.74) is 12.7. The molecule has 0 radical (unpaired) electrons. The van der Waals surface area contributed by atoms with Crippen LogP contribution in [0.1, 0.15) is 18.4 Å². The molecule has 1 aromatic carbocycles. The van der Waals surface area contributed by atoms with E-state index in [1.165, 1.54) is 0 Å². The average Bonchev–Trinajstić information content (AvgIpc) is 3.07. The first-order valence-electron chi connectivity index (χ1n) is 5.79. The van der Waals surface area contributed by atoms with Crippen molar-refractivity contribution in [1.82, 2.24) is 10.6 Å². The van der Waals surface area contributed by atoms with Gasteiger partial charge in [-0.15, -0.1) is 0 Å². The zero-order valence-electron chi connectivity index (χ0n) is 9.70. The Labute approximate surface area is 101 Å². The number of para-hydroxylation sites is 1. The number of nitrogens with one attached hydrogen (secondary N) is 2. The van der Waals surface area contributed by atoms with Crippen molar-refractivity contribution < 1.29 is 4.79 Å². The lowest BCUT2D eigenvalue weighted by Gasteiger charge is -2.20. The number of carbonyl (C=O) groups excluding carboxylic acids is 1. The second-order valence-corrected chi connectivity index (χ2v) is 4.34. The molecule has 6 N–H and O–H groups in total. The Balaban J connectivity index is 2.05.